The number of fused-ring (bicyclic) bond motifs is 1. The summed E-state index contributed by atoms with van der Waals surface area (Å²) in [6.45, 7) is 3.82. The highest BCUT2D eigenvalue weighted by Crippen LogP contribution is 2.36. The number of carbonyl (C=O) groups is 1. The molecule has 1 amide bonds. The molecule has 1 aromatic heterocycles. The Labute approximate surface area is 140 Å². The van der Waals surface area contributed by atoms with Gasteiger partial charge < -0.3 is 10.2 Å². The summed E-state index contributed by atoms with van der Waals surface area (Å²) in [7, 11) is 0. The Kier molecular flexibility index (Phi) is 5.57. The van der Waals surface area contributed by atoms with Crippen molar-refractivity contribution in [3.63, 3.8) is 0 Å². The zero-order valence-electron chi connectivity index (χ0n) is 13.1. The summed E-state index contributed by atoms with van der Waals surface area (Å²) in [6.07, 6.45) is 7.61. The Hall–Kier alpha value is -0.820. The van der Waals surface area contributed by atoms with E-state index in [1.807, 2.05) is 6.92 Å². The zero-order chi connectivity index (χ0) is 15.4. The van der Waals surface area contributed by atoms with Gasteiger partial charge in [-0.15, -0.1) is 10.2 Å². The highest BCUT2D eigenvalue weighted by atomic mass is 32.2. The lowest BCUT2D eigenvalue weighted by Gasteiger charge is -2.44. The van der Waals surface area contributed by atoms with Gasteiger partial charge in [0.05, 0.1) is 5.75 Å². The second-order valence-corrected chi connectivity index (χ2v) is 8.23. The van der Waals surface area contributed by atoms with Gasteiger partial charge >= 0.3 is 0 Å². The molecule has 0 bridgehead atoms. The second-order valence-electron chi connectivity index (χ2n) is 6.03. The lowest BCUT2D eigenvalue weighted by Crippen LogP contribution is -2.50. The maximum absolute atomic E-state index is 12.6. The van der Waals surface area contributed by atoms with Crippen LogP contribution >= 0.6 is 23.1 Å². The van der Waals surface area contributed by atoms with E-state index in [1.165, 1.54) is 61.6 Å². The lowest BCUT2D eigenvalue weighted by atomic mass is 9.78. The highest BCUT2D eigenvalue weighted by Gasteiger charge is 2.35. The lowest BCUT2D eigenvalue weighted by molar-refractivity contribution is -0.134. The number of anilines is 1. The molecule has 1 aromatic rings. The summed E-state index contributed by atoms with van der Waals surface area (Å²) in [5.41, 5.74) is 0. The molecular weight excluding hydrogens is 316 g/mol. The summed E-state index contributed by atoms with van der Waals surface area (Å²) in [5, 5.41) is 12.2. The molecule has 0 radical (unpaired) electrons. The maximum atomic E-state index is 12.6. The minimum Gasteiger partial charge on any atom is -0.360 e. The van der Waals surface area contributed by atoms with Gasteiger partial charge in [-0.1, -0.05) is 35.9 Å². The van der Waals surface area contributed by atoms with Crippen molar-refractivity contribution in [3.8, 4) is 0 Å². The molecule has 1 saturated heterocycles. The smallest absolute Gasteiger partial charge is 0.233 e. The van der Waals surface area contributed by atoms with Gasteiger partial charge in [-0.2, -0.15) is 0 Å². The van der Waals surface area contributed by atoms with Gasteiger partial charge in [-0.05, 0) is 38.5 Å². The number of aromatic nitrogens is 2. The number of thioether (sulfide) groups is 1. The average molecular weight is 341 g/mol. The molecule has 22 heavy (non-hydrogen) atoms. The number of rotatable bonds is 5. The van der Waals surface area contributed by atoms with Crippen LogP contribution in [-0.2, 0) is 4.79 Å². The Balaban J connectivity index is 1.54. The molecule has 2 atom stereocenters. The van der Waals surface area contributed by atoms with Crippen molar-refractivity contribution < 1.29 is 4.79 Å². The van der Waals surface area contributed by atoms with Crippen molar-refractivity contribution in [2.45, 2.75) is 55.8 Å². The van der Waals surface area contributed by atoms with E-state index < -0.39 is 0 Å². The number of hydrogen-bond donors (Lipinski definition) is 1. The average Bonchev–Trinajstić information content (AvgIpc) is 3.00. The molecule has 1 N–H and O–H groups in total. The fourth-order valence-electron chi connectivity index (χ4n) is 3.63. The Morgan fingerprint density at radius 1 is 1.32 bits per heavy atom. The standard InChI is InChI=1S/C15H24N4OS2/c1-2-16-14-17-18-15(22-14)21-10-13(20)19-9-5-7-11-6-3-4-8-12(11)19/h11-12H,2-10H2,1H3,(H,16,17)/t11-,12+/m1/s1. The third kappa shape index (κ3) is 3.74. The van der Waals surface area contributed by atoms with E-state index in [-0.39, 0.29) is 5.91 Å². The van der Waals surface area contributed by atoms with Crippen molar-refractivity contribution in [2.75, 3.05) is 24.2 Å². The largest absolute Gasteiger partial charge is 0.360 e. The predicted molar refractivity (Wildman–Crippen MR) is 91.5 cm³/mol. The number of likely N-dealkylation sites (tertiary alicyclic amines) is 1. The van der Waals surface area contributed by atoms with Gasteiger partial charge in [-0.3, -0.25) is 4.79 Å². The van der Waals surface area contributed by atoms with Crippen LogP contribution in [0.3, 0.4) is 0 Å². The summed E-state index contributed by atoms with van der Waals surface area (Å²) in [6, 6.07) is 0.502. The quantitative estimate of drug-likeness (QED) is 0.834. The van der Waals surface area contributed by atoms with Crippen LogP contribution in [0.2, 0.25) is 0 Å². The monoisotopic (exact) mass is 340 g/mol. The Morgan fingerprint density at radius 3 is 3.00 bits per heavy atom. The number of nitrogens with zero attached hydrogens (tertiary/aromatic N) is 3. The molecule has 1 saturated carbocycles. The summed E-state index contributed by atoms with van der Waals surface area (Å²) in [4.78, 5) is 14.8. The maximum Gasteiger partial charge on any atom is 0.233 e. The van der Waals surface area contributed by atoms with Gasteiger partial charge in [0.15, 0.2) is 4.34 Å². The molecule has 2 heterocycles. The van der Waals surface area contributed by atoms with Crippen molar-refractivity contribution >= 4 is 34.1 Å². The topological polar surface area (TPSA) is 58.1 Å². The van der Waals surface area contributed by atoms with E-state index in [0.717, 1.165) is 28.5 Å². The highest BCUT2D eigenvalue weighted by molar-refractivity contribution is 8.01. The third-order valence-electron chi connectivity index (χ3n) is 4.62. The molecule has 122 valence electrons. The van der Waals surface area contributed by atoms with Crippen LogP contribution in [0, 0.1) is 5.92 Å². The minimum atomic E-state index is 0.279. The van der Waals surface area contributed by atoms with Crippen LogP contribution in [0.15, 0.2) is 4.34 Å². The number of carbonyl (C=O) groups excluding carboxylic acids is 1. The fraction of sp³-hybridized carbons (Fsp3) is 0.800. The van der Waals surface area contributed by atoms with Crippen LogP contribution in [0.5, 0.6) is 0 Å². The van der Waals surface area contributed by atoms with Crippen LogP contribution in [0.1, 0.15) is 45.4 Å². The summed E-state index contributed by atoms with van der Waals surface area (Å²) in [5.74, 6) is 1.52. The second kappa shape index (κ2) is 7.64. The molecule has 0 unspecified atom stereocenters. The Bertz CT molecular complexity index is 505. The number of piperidine rings is 1. The van der Waals surface area contributed by atoms with Gasteiger partial charge in [0, 0.05) is 19.1 Å². The van der Waals surface area contributed by atoms with E-state index in [9.17, 15) is 4.79 Å². The van der Waals surface area contributed by atoms with Crippen molar-refractivity contribution in [1.82, 2.24) is 15.1 Å². The third-order valence-corrected chi connectivity index (χ3v) is 6.62. The predicted octanol–water partition coefficient (Wildman–Crippen LogP) is 3.24. The number of hydrogen-bond acceptors (Lipinski definition) is 6. The van der Waals surface area contributed by atoms with Crippen molar-refractivity contribution in [3.05, 3.63) is 0 Å². The molecule has 2 aliphatic rings. The van der Waals surface area contributed by atoms with Crippen LogP contribution < -0.4 is 5.32 Å². The summed E-state index contributed by atoms with van der Waals surface area (Å²) < 4.78 is 0.876. The van der Waals surface area contributed by atoms with E-state index in [2.05, 4.69) is 20.4 Å². The minimum absolute atomic E-state index is 0.279. The first-order valence-corrected chi connectivity index (χ1v) is 10.1. The van der Waals surface area contributed by atoms with Gasteiger partial charge in [0.1, 0.15) is 0 Å². The SMILES string of the molecule is CCNc1nnc(SCC(=O)N2CCC[C@H]3CCCC[C@@H]32)s1. The first-order valence-electron chi connectivity index (χ1n) is 8.27. The molecule has 3 rings (SSSR count). The van der Waals surface area contributed by atoms with Crippen molar-refractivity contribution in [1.29, 1.82) is 0 Å². The molecule has 0 spiro atoms. The van der Waals surface area contributed by atoms with Crippen LogP contribution in [-0.4, -0.2) is 45.9 Å². The Morgan fingerprint density at radius 2 is 2.14 bits per heavy atom. The zero-order valence-corrected chi connectivity index (χ0v) is 14.7. The number of amides is 1. The van der Waals surface area contributed by atoms with Crippen LogP contribution in [0.25, 0.3) is 0 Å². The van der Waals surface area contributed by atoms with E-state index >= 15 is 0 Å². The van der Waals surface area contributed by atoms with Gasteiger partial charge in [0.2, 0.25) is 11.0 Å². The van der Waals surface area contributed by atoms with E-state index in [0.29, 0.717) is 11.8 Å². The molecule has 7 heteroatoms. The molecule has 1 aliphatic carbocycles. The van der Waals surface area contributed by atoms with Gasteiger partial charge in [0.25, 0.3) is 0 Å². The first-order chi connectivity index (χ1) is 10.8. The van der Waals surface area contributed by atoms with E-state index in [4.69, 9.17) is 0 Å². The van der Waals surface area contributed by atoms with E-state index in [1.54, 1.807) is 0 Å². The fourth-order valence-corrected chi connectivity index (χ4v) is 5.34. The normalized spacial score (nSPS) is 24.9. The van der Waals surface area contributed by atoms with Crippen molar-refractivity contribution in [2.24, 2.45) is 5.92 Å². The molecule has 5 nitrogen and oxygen atoms in total. The number of nitrogens with one attached hydrogen (secondary N) is 1. The molecule has 1 aliphatic heterocycles. The summed E-state index contributed by atoms with van der Waals surface area (Å²) >= 11 is 3.05. The van der Waals surface area contributed by atoms with Crippen LogP contribution in [0.4, 0.5) is 5.13 Å². The molecule has 2 fully saturated rings. The molecule has 0 aromatic carbocycles. The first kappa shape index (κ1) is 16.1. The molecular formula is C15H24N4OS2. The van der Waals surface area contributed by atoms with Gasteiger partial charge in [-0.25, -0.2) is 0 Å².